The summed E-state index contributed by atoms with van der Waals surface area (Å²) in [6.45, 7) is 2.30. The molecule has 1 aliphatic rings. The summed E-state index contributed by atoms with van der Waals surface area (Å²) in [6, 6.07) is 20.1. The van der Waals surface area contributed by atoms with Crippen molar-refractivity contribution in [2.24, 2.45) is 4.99 Å². The molecular formula is C30H28BClN6O4. The second kappa shape index (κ2) is 11.4. The predicted molar refractivity (Wildman–Crippen MR) is 162 cm³/mol. The van der Waals surface area contributed by atoms with E-state index < -0.39 is 13.2 Å². The molecule has 0 spiro atoms. The molecule has 0 unspecified atom stereocenters. The minimum Gasteiger partial charge on any atom is -0.497 e. The van der Waals surface area contributed by atoms with Gasteiger partial charge in [-0.25, -0.2) is 0 Å². The van der Waals surface area contributed by atoms with Crippen LogP contribution in [0.2, 0.25) is 5.02 Å². The molecule has 212 valence electrons. The number of H-pyrrole nitrogens is 1. The number of aliphatic imine (C=N–C) groups is 1. The van der Waals surface area contributed by atoms with Crippen LogP contribution >= 0.6 is 11.6 Å². The number of rotatable bonds is 8. The normalized spacial score (nSPS) is 14.1. The fourth-order valence-electron chi connectivity index (χ4n) is 5.27. The van der Waals surface area contributed by atoms with Crippen molar-refractivity contribution in [3.05, 3.63) is 100 Å². The zero-order valence-corrected chi connectivity index (χ0v) is 23.8. The first-order chi connectivity index (χ1) is 20.3. The average Bonchev–Trinajstić information content (AvgIpc) is 3.55. The monoisotopic (exact) mass is 582 g/mol. The smallest absolute Gasteiger partial charge is 0.497 e. The Bertz CT molecular complexity index is 1810. The van der Waals surface area contributed by atoms with Gasteiger partial charge in [-0.1, -0.05) is 29.8 Å². The third kappa shape index (κ3) is 5.41. The number of aryl methyl sites for hydroxylation is 1. The number of benzene rings is 3. The molecule has 0 saturated heterocycles. The van der Waals surface area contributed by atoms with E-state index in [2.05, 4.69) is 20.5 Å². The molecule has 1 amide bonds. The summed E-state index contributed by atoms with van der Waals surface area (Å²) in [7, 11) is 0.0594. The molecular weight excluding hydrogens is 555 g/mol. The summed E-state index contributed by atoms with van der Waals surface area (Å²) >= 11 is 6.18. The van der Waals surface area contributed by atoms with E-state index in [0.29, 0.717) is 46.7 Å². The van der Waals surface area contributed by atoms with Crippen molar-refractivity contribution in [2.45, 2.75) is 25.8 Å². The van der Waals surface area contributed by atoms with Crippen molar-refractivity contribution in [1.29, 1.82) is 0 Å². The van der Waals surface area contributed by atoms with Crippen molar-refractivity contribution >= 4 is 46.8 Å². The van der Waals surface area contributed by atoms with E-state index in [1.165, 1.54) is 0 Å². The number of halogens is 1. The minimum atomic E-state index is -1.56. The quantitative estimate of drug-likeness (QED) is 0.208. The van der Waals surface area contributed by atoms with Gasteiger partial charge in [0.1, 0.15) is 17.6 Å². The highest BCUT2D eigenvalue weighted by Gasteiger charge is 2.30. The molecule has 10 nitrogen and oxygen atoms in total. The number of ether oxygens (including phenoxy) is 1. The van der Waals surface area contributed by atoms with Gasteiger partial charge < -0.3 is 25.1 Å². The number of hydrogen-bond acceptors (Lipinski definition) is 7. The molecule has 5 aromatic rings. The zero-order valence-electron chi connectivity index (χ0n) is 23.0. The van der Waals surface area contributed by atoms with Crippen LogP contribution in [0.1, 0.15) is 40.8 Å². The minimum absolute atomic E-state index is 0.0783. The van der Waals surface area contributed by atoms with Crippen molar-refractivity contribution in [2.75, 3.05) is 13.7 Å². The third-order valence-corrected chi connectivity index (χ3v) is 7.60. The number of aromatic nitrogens is 4. The maximum absolute atomic E-state index is 13.2. The number of aromatic amines is 1. The fourth-order valence-corrected chi connectivity index (χ4v) is 5.40. The zero-order chi connectivity index (χ0) is 29.4. The number of nitrogens with one attached hydrogen (secondary N) is 2. The first kappa shape index (κ1) is 27.7. The van der Waals surface area contributed by atoms with Crippen molar-refractivity contribution in [1.82, 2.24) is 25.1 Å². The lowest BCUT2D eigenvalue weighted by atomic mass is 9.86. The first-order valence-electron chi connectivity index (χ1n) is 13.5. The molecule has 0 aliphatic carbocycles. The summed E-state index contributed by atoms with van der Waals surface area (Å²) in [5.41, 5.74) is 5.40. The molecule has 12 heteroatoms. The Morgan fingerprint density at radius 2 is 1.90 bits per heavy atom. The van der Waals surface area contributed by atoms with E-state index in [9.17, 15) is 14.8 Å². The van der Waals surface area contributed by atoms with Crippen LogP contribution < -0.4 is 15.6 Å². The maximum Gasteiger partial charge on any atom is 0.505 e. The summed E-state index contributed by atoms with van der Waals surface area (Å²) < 4.78 is 7.47. The summed E-state index contributed by atoms with van der Waals surface area (Å²) in [5.74, 6) is 1.79. The van der Waals surface area contributed by atoms with Gasteiger partial charge in [-0.05, 0) is 72.8 Å². The predicted octanol–water partition coefficient (Wildman–Crippen LogP) is 3.04. The largest absolute Gasteiger partial charge is 0.505 e. The van der Waals surface area contributed by atoms with Gasteiger partial charge in [0.25, 0.3) is 0 Å². The van der Waals surface area contributed by atoms with Gasteiger partial charge in [0.05, 0.1) is 24.9 Å². The molecule has 3 aromatic carbocycles. The lowest BCUT2D eigenvalue weighted by Gasteiger charge is -2.14. The maximum atomic E-state index is 13.2. The first-order valence-corrected chi connectivity index (χ1v) is 13.9. The van der Waals surface area contributed by atoms with Gasteiger partial charge in [-0.15, -0.1) is 10.2 Å². The number of nitrogens with zero attached hydrogens (tertiary/aromatic N) is 4. The SMILES string of the molecule is COc1ccc2c(c1)C(c1ccc(Cl)cc1)=N[C@@H](CC(=O)NCCc1ccc3[nH]c(B(O)O)cc3c1)c1nnc(C)n1-2. The Kier molecular flexibility index (Phi) is 7.55. The van der Waals surface area contributed by atoms with Crippen LogP contribution in [0.4, 0.5) is 0 Å². The molecule has 0 fully saturated rings. The van der Waals surface area contributed by atoms with Crippen molar-refractivity contribution < 1.29 is 19.6 Å². The number of amides is 1. The van der Waals surface area contributed by atoms with Crippen LogP contribution in [0.5, 0.6) is 5.75 Å². The lowest BCUT2D eigenvalue weighted by molar-refractivity contribution is -0.121. The summed E-state index contributed by atoms with van der Waals surface area (Å²) in [5, 5.41) is 32.1. The number of methoxy groups -OCH3 is 1. The molecule has 0 bridgehead atoms. The molecule has 1 atom stereocenters. The van der Waals surface area contributed by atoms with Gasteiger partial charge in [0, 0.05) is 33.8 Å². The molecule has 42 heavy (non-hydrogen) atoms. The fraction of sp³-hybridized carbons (Fsp3) is 0.200. The molecule has 6 rings (SSSR count). The van der Waals surface area contributed by atoms with Crippen LogP contribution in [0, 0.1) is 6.92 Å². The van der Waals surface area contributed by atoms with E-state index in [0.717, 1.165) is 33.3 Å². The molecule has 4 N–H and O–H groups in total. The Morgan fingerprint density at radius 3 is 2.67 bits per heavy atom. The standard InChI is InChI=1S/C30H28BClN6O4/c1-17-36-37-30-25(16-28(39)33-12-11-18-3-9-24-20(13-18)14-27(34-24)31(40)41)35-29(19-4-6-21(32)7-5-19)23-15-22(42-2)8-10-26(23)38(17)30/h3-10,13-15,25,34,40-41H,11-12,16H2,1-2H3,(H,33,39)/t25-/m0/s1. The van der Waals surface area contributed by atoms with Gasteiger partial charge in [-0.3, -0.25) is 14.4 Å². The highest BCUT2D eigenvalue weighted by Crippen LogP contribution is 2.34. The van der Waals surface area contributed by atoms with E-state index >= 15 is 0 Å². The van der Waals surface area contributed by atoms with Crippen LogP contribution in [-0.2, 0) is 11.2 Å². The van der Waals surface area contributed by atoms with Crippen LogP contribution in [-0.4, -0.2) is 62.2 Å². The summed E-state index contributed by atoms with van der Waals surface area (Å²) in [4.78, 5) is 21.3. The second-order valence-electron chi connectivity index (χ2n) is 10.1. The Hall–Kier alpha value is -4.45. The van der Waals surface area contributed by atoms with E-state index in [-0.39, 0.29) is 12.3 Å². The topological polar surface area (TPSA) is 138 Å². The van der Waals surface area contributed by atoms with Crippen LogP contribution in [0.3, 0.4) is 0 Å². The van der Waals surface area contributed by atoms with Gasteiger partial charge in [0.15, 0.2) is 5.82 Å². The van der Waals surface area contributed by atoms with Gasteiger partial charge in [-0.2, -0.15) is 0 Å². The van der Waals surface area contributed by atoms with Crippen molar-refractivity contribution in [3.8, 4) is 11.4 Å². The van der Waals surface area contributed by atoms with Gasteiger partial charge >= 0.3 is 7.12 Å². The Balaban J connectivity index is 1.26. The Labute approximate surface area is 247 Å². The Morgan fingerprint density at radius 1 is 1.10 bits per heavy atom. The third-order valence-electron chi connectivity index (χ3n) is 7.35. The van der Waals surface area contributed by atoms with E-state index in [4.69, 9.17) is 21.3 Å². The number of carbonyl (C=O) groups excluding carboxylic acids is 1. The van der Waals surface area contributed by atoms with E-state index in [1.54, 1.807) is 13.2 Å². The highest BCUT2D eigenvalue weighted by atomic mass is 35.5. The average molecular weight is 583 g/mol. The molecule has 3 heterocycles. The number of carbonyl (C=O) groups is 1. The molecule has 2 aromatic heterocycles. The number of hydrogen-bond donors (Lipinski definition) is 4. The summed E-state index contributed by atoms with van der Waals surface area (Å²) in [6.07, 6.45) is 0.684. The van der Waals surface area contributed by atoms with Crippen LogP contribution in [0.25, 0.3) is 16.6 Å². The van der Waals surface area contributed by atoms with E-state index in [1.807, 2.05) is 72.2 Å². The molecule has 1 aliphatic heterocycles. The van der Waals surface area contributed by atoms with Gasteiger partial charge in [0.2, 0.25) is 5.91 Å². The second-order valence-corrected chi connectivity index (χ2v) is 10.6. The lowest BCUT2D eigenvalue weighted by Crippen LogP contribution is -2.30. The molecule has 0 saturated carbocycles. The molecule has 0 radical (unpaired) electrons. The highest BCUT2D eigenvalue weighted by molar-refractivity contribution is 6.58. The van der Waals surface area contributed by atoms with Crippen LogP contribution in [0.15, 0.2) is 71.7 Å². The van der Waals surface area contributed by atoms with Crippen molar-refractivity contribution in [3.63, 3.8) is 0 Å². The number of fused-ring (bicyclic) bond motifs is 4.